The average molecular weight is 149 g/mol. The van der Waals surface area contributed by atoms with Crippen molar-refractivity contribution in [3.05, 3.63) is 23.5 Å². The molecule has 0 saturated carbocycles. The standard InChI is InChI=1S/C7H7N3O/c8-3-7-6(9)2-1-5(4-11)10-7/h1-4,8H,9H2. The van der Waals surface area contributed by atoms with Crippen molar-refractivity contribution in [2.45, 2.75) is 0 Å². The van der Waals surface area contributed by atoms with Crippen LogP contribution in [0.1, 0.15) is 16.2 Å². The highest BCUT2D eigenvalue weighted by Crippen LogP contribution is 2.05. The van der Waals surface area contributed by atoms with Gasteiger partial charge in [0.1, 0.15) is 11.4 Å². The van der Waals surface area contributed by atoms with Crippen LogP contribution >= 0.6 is 0 Å². The molecule has 4 heteroatoms. The van der Waals surface area contributed by atoms with Gasteiger partial charge in [-0.3, -0.25) is 4.79 Å². The number of hydrogen-bond donors (Lipinski definition) is 2. The van der Waals surface area contributed by atoms with E-state index in [0.717, 1.165) is 6.21 Å². The fraction of sp³-hybridized carbons (Fsp3) is 0. The molecule has 1 rings (SSSR count). The first kappa shape index (κ1) is 7.40. The molecule has 0 aliphatic rings. The molecule has 1 heterocycles. The first-order valence-electron chi connectivity index (χ1n) is 3.00. The summed E-state index contributed by atoms with van der Waals surface area (Å²) < 4.78 is 0. The Morgan fingerprint density at radius 3 is 2.82 bits per heavy atom. The first-order chi connectivity index (χ1) is 5.27. The molecule has 3 N–H and O–H groups in total. The summed E-state index contributed by atoms with van der Waals surface area (Å²) >= 11 is 0. The fourth-order valence-corrected chi connectivity index (χ4v) is 0.683. The Morgan fingerprint density at radius 1 is 1.55 bits per heavy atom. The monoisotopic (exact) mass is 149 g/mol. The van der Waals surface area contributed by atoms with E-state index in [1.165, 1.54) is 6.07 Å². The molecular weight excluding hydrogens is 142 g/mol. The summed E-state index contributed by atoms with van der Waals surface area (Å²) in [5, 5.41) is 6.87. The Hall–Kier alpha value is -1.71. The summed E-state index contributed by atoms with van der Waals surface area (Å²) in [7, 11) is 0. The predicted molar refractivity (Wildman–Crippen MR) is 41.9 cm³/mol. The SMILES string of the molecule is N=Cc1nc(C=O)ccc1N. The van der Waals surface area contributed by atoms with Gasteiger partial charge >= 0.3 is 0 Å². The maximum atomic E-state index is 10.2. The number of aldehydes is 1. The third-order valence-electron chi connectivity index (χ3n) is 1.24. The summed E-state index contributed by atoms with van der Waals surface area (Å²) in [5.74, 6) is 0. The van der Waals surface area contributed by atoms with Crippen LogP contribution in [0.25, 0.3) is 0 Å². The smallest absolute Gasteiger partial charge is 0.168 e. The molecule has 0 unspecified atom stereocenters. The second-order valence-corrected chi connectivity index (χ2v) is 1.97. The number of pyridine rings is 1. The van der Waals surface area contributed by atoms with Gasteiger partial charge in [0, 0.05) is 6.21 Å². The largest absolute Gasteiger partial charge is 0.397 e. The van der Waals surface area contributed by atoms with Gasteiger partial charge in [-0.25, -0.2) is 4.98 Å². The Labute approximate surface area is 63.6 Å². The molecule has 11 heavy (non-hydrogen) atoms. The van der Waals surface area contributed by atoms with Crippen LogP contribution in [-0.4, -0.2) is 17.5 Å². The quantitative estimate of drug-likeness (QED) is 0.474. The van der Waals surface area contributed by atoms with Crippen molar-refractivity contribution >= 4 is 18.2 Å². The number of nitrogen functional groups attached to an aromatic ring is 1. The summed E-state index contributed by atoms with van der Waals surface area (Å²) in [4.78, 5) is 14.0. The van der Waals surface area contributed by atoms with Gasteiger partial charge in [-0.2, -0.15) is 0 Å². The van der Waals surface area contributed by atoms with E-state index in [1.54, 1.807) is 6.07 Å². The maximum Gasteiger partial charge on any atom is 0.168 e. The number of nitrogens with zero attached hydrogens (tertiary/aromatic N) is 1. The Balaban J connectivity index is 3.22. The van der Waals surface area contributed by atoms with Gasteiger partial charge in [-0.1, -0.05) is 0 Å². The number of rotatable bonds is 2. The van der Waals surface area contributed by atoms with Crippen LogP contribution in [-0.2, 0) is 0 Å². The zero-order chi connectivity index (χ0) is 8.27. The lowest BCUT2D eigenvalue weighted by Gasteiger charge is -1.97. The number of anilines is 1. The van der Waals surface area contributed by atoms with Crippen LogP contribution in [0.5, 0.6) is 0 Å². The zero-order valence-electron chi connectivity index (χ0n) is 5.74. The van der Waals surface area contributed by atoms with Crippen LogP contribution in [0, 0.1) is 5.41 Å². The van der Waals surface area contributed by atoms with Crippen molar-refractivity contribution in [1.29, 1.82) is 5.41 Å². The van der Waals surface area contributed by atoms with E-state index in [9.17, 15) is 4.79 Å². The molecule has 1 aromatic heterocycles. The molecular formula is C7H7N3O. The van der Waals surface area contributed by atoms with Gasteiger partial charge in [0.25, 0.3) is 0 Å². The van der Waals surface area contributed by atoms with E-state index in [2.05, 4.69) is 4.98 Å². The van der Waals surface area contributed by atoms with Crippen molar-refractivity contribution in [3.63, 3.8) is 0 Å². The van der Waals surface area contributed by atoms with Gasteiger partial charge in [0.05, 0.1) is 5.69 Å². The van der Waals surface area contributed by atoms with E-state index in [0.29, 0.717) is 17.7 Å². The van der Waals surface area contributed by atoms with E-state index >= 15 is 0 Å². The fourth-order valence-electron chi connectivity index (χ4n) is 0.683. The minimum Gasteiger partial charge on any atom is -0.397 e. The number of aromatic nitrogens is 1. The minimum atomic E-state index is 0.290. The highest BCUT2D eigenvalue weighted by molar-refractivity contribution is 5.84. The molecule has 0 fully saturated rings. The van der Waals surface area contributed by atoms with Gasteiger partial charge in [0.2, 0.25) is 0 Å². The van der Waals surface area contributed by atoms with E-state index < -0.39 is 0 Å². The molecule has 0 atom stereocenters. The highest BCUT2D eigenvalue weighted by atomic mass is 16.1. The Bertz CT molecular complexity index is 296. The number of hydrogen-bond acceptors (Lipinski definition) is 4. The van der Waals surface area contributed by atoms with Crippen LogP contribution in [0.2, 0.25) is 0 Å². The number of carbonyl (C=O) groups excluding carboxylic acids is 1. The normalized spacial score (nSPS) is 9.09. The lowest BCUT2D eigenvalue weighted by atomic mass is 10.3. The minimum absolute atomic E-state index is 0.290. The zero-order valence-corrected chi connectivity index (χ0v) is 5.74. The van der Waals surface area contributed by atoms with Crippen molar-refractivity contribution in [3.8, 4) is 0 Å². The highest BCUT2D eigenvalue weighted by Gasteiger charge is 1.97. The third kappa shape index (κ3) is 1.40. The molecule has 0 saturated heterocycles. The first-order valence-corrected chi connectivity index (χ1v) is 3.00. The van der Waals surface area contributed by atoms with Gasteiger partial charge in [-0.15, -0.1) is 0 Å². The van der Waals surface area contributed by atoms with Crippen LogP contribution in [0.15, 0.2) is 12.1 Å². The van der Waals surface area contributed by atoms with E-state index in [4.69, 9.17) is 11.1 Å². The predicted octanol–water partition coefficient (Wildman–Crippen LogP) is 0.474. The summed E-state index contributed by atoms with van der Waals surface area (Å²) in [6.07, 6.45) is 1.63. The number of nitrogens with one attached hydrogen (secondary N) is 1. The second-order valence-electron chi connectivity index (χ2n) is 1.97. The van der Waals surface area contributed by atoms with Crippen LogP contribution in [0.4, 0.5) is 5.69 Å². The Kier molecular flexibility index (Phi) is 1.96. The van der Waals surface area contributed by atoms with Crippen LogP contribution in [0.3, 0.4) is 0 Å². The molecule has 0 spiro atoms. The molecule has 0 aliphatic heterocycles. The number of carbonyl (C=O) groups is 1. The maximum absolute atomic E-state index is 10.2. The summed E-state index contributed by atoms with van der Waals surface area (Å²) in [5.41, 5.74) is 6.45. The van der Waals surface area contributed by atoms with Crippen molar-refractivity contribution in [2.75, 3.05) is 5.73 Å². The molecule has 0 aromatic carbocycles. The lowest BCUT2D eigenvalue weighted by molar-refractivity contribution is 0.111. The molecule has 0 bridgehead atoms. The third-order valence-corrected chi connectivity index (χ3v) is 1.24. The van der Waals surface area contributed by atoms with Crippen molar-refractivity contribution in [1.82, 2.24) is 4.98 Å². The molecule has 56 valence electrons. The summed E-state index contributed by atoms with van der Waals surface area (Å²) in [6, 6.07) is 3.06. The van der Waals surface area contributed by atoms with E-state index in [-0.39, 0.29) is 5.69 Å². The number of nitrogens with two attached hydrogens (primary N) is 1. The van der Waals surface area contributed by atoms with Crippen molar-refractivity contribution in [2.24, 2.45) is 0 Å². The molecule has 0 amide bonds. The molecule has 1 aromatic rings. The lowest BCUT2D eigenvalue weighted by Crippen LogP contribution is -1.98. The second kappa shape index (κ2) is 2.92. The Morgan fingerprint density at radius 2 is 2.27 bits per heavy atom. The topological polar surface area (TPSA) is 79.8 Å². The molecule has 4 nitrogen and oxygen atoms in total. The van der Waals surface area contributed by atoms with Crippen molar-refractivity contribution < 1.29 is 4.79 Å². The summed E-state index contributed by atoms with van der Waals surface area (Å²) in [6.45, 7) is 0. The molecule has 0 aliphatic carbocycles. The van der Waals surface area contributed by atoms with Crippen LogP contribution < -0.4 is 5.73 Å². The molecule has 0 radical (unpaired) electrons. The van der Waals surface area contributed by atoms with Gasteiger partial charge in [0.15, 0.2) is 6.29 Å². The van der Waals surface area contributed by atoms with Gasteiger partial charge < -0.3 is 11.1 Å². The van der Waals surface area contributed by atoms with E-state index in [1.807, 2.05) is 0 Å². The average Bonchev–Trinajstić information content (AvgIpc) is 2.05. The van der Waals surface area contributed by atoms with Gasteiger partial charge in [-0.05, 0) is 12.1 Å².